The normalized spacial score (nSPS) is 10.9. The summed E-state index contributed by atoms with van der Waals surface area (Å²) in [5.74, 6) is 2.51. The number of methoxy groups -OCH3 is 2. The first kappa shape index (κ1) is 26.7. The van der Waals surface area contributed by atoms with Crippen molar-refractivity contribution in [2.75, 3.05) is 26.6 Å². The number of carbonyl (C=O) groups is 1. The van der Waals surface area contributed by atoms with E-state index in [9.17, 15) is 4.79 Å². The second-order valence-electron chi connectivity index (χ2n) is 8.13. The van der Waals surface area contributed by atoms with Gasteiger partial charge in [0.2, 0.25) is 0 Å². The zero-order valence-electron chi connectivity index (χ0n) is 21.7. The van der Waals surface area contributed by atoms with Crippen molar-refractivity contribution in [1.82, 2.24) is 20.2 Å². The van der Waals surface area contributed by atoms with E-state index in [1.165, 1.54) is 11.8 Å². The van der Waals surface area contributed by atoms with E-state index in [2.05, 4.69) is 20.7 Å². The zero-order valence-corrected chi connectivity index (χ0v) is 22.5. The average molecular weight is 532 g/mol. The Morgan fingerprint density at radius 1 is 1.00 bits per heavy atom. The molecule has 0 saturated carbocycles. The number of thioether (sulfide) groups is 1. The molecule has 4 rings (SSSR count). The van der Waals surface area contributed by atoms with Gasteiger partial charge in [-0.05, 0) is 61.9 Å². The molecule has 3 aromatic carbocycles. The molecule has 0 aliphatic rings. The monoisotopic (exact) mass is 531 g/mol. The highest BCUT2D eigenvalue weighted by Gasteiger charge is 2.17. The van der Waals surface area contributed by atoms with Crippen molar-refractivity contribution in [1.29, 1.82) is 0 Å². The smallest absolute Gasteiger partial charge is 0.250 e. The van der Waals surface area contributed by atoms with Crippen molar-refractivity contribution in [3.8, 4) is 34.3 Å². The molecule has 0 bridgehead atoms. The van der Waals surface area contributed by atoms with Crippen LogP contribution in [0, 0.1) is 6.92 Å². The number of nitrogens with one attached hydrogen (secondary N) is 1. The number of hydrogen-bond acceptors (Lipinski definition) is 8. The molecule has 1 heterocycles. The van der Waals surface area contributed by atoms with Gasteiger partial charge in [0.15, 0.2) is 22.5 Å². The fourth-order valence-electron chi connectivity index (χ4n) is 3.60. The van der Waals surface area contributed by atoms with E-state index in [0.29, 0.717) is 29.1 Å². The molecule has 0 aliphatic heterocycles. The Labute approximate surface area is 225 Å². The number of hydrazone groups is 1. The molecule has 196 valence electrons. The lowest BCUT2D eigenvalue weighted by Gasteiger charge is -2.11. The second-order valence-corrected chi connectivity index (χ2v) is 9.07. The third-order valence-electron chi connectivity index (χ3n) is 5.50. The highest BCUT2D eigenvalue weighted by atomic mass is 32.2. The summed E-state index contributed by atoms with van der Waals surface area (Å²) in [6.45, 7) is 4.48. The first-order valence-electron chi connectivity index (χ1n) is 11.9. The number of ether oxygens (including phenoxy) is 3. The Morgan fingerprint density at radius 2 is 1.76 bits per heavy atom. The van der Waals surface area contributed by atoms with Crippen molar-refractivity contribution in [2.45, 2.75) is 19.0 Å². The number of aromatic nitrogens is 3. The van der Waals surface area contributed by atoms with Crippen LogP contribution >= 0.6 is 11.8 Å². The number of aryl methyl sites for hydroxylation is 1. The van der Waals surface area contributed by atoms with Gasteiger partial charge in [-0.25, -0.2) is 5.43 Å². The lowest BCUT2D eigenvalue weighted by Crippen LogP contribution is -2.20. The molecule has 4 aromatic rings. The highest BCUT2D eigenvalue weighted by Crippen LogP contribution is 2.29. The van der Waals surface area contributed by atoms with Crippen LogP contribution in [0.2, 0.25) is 0 Å². The van der Waals surface area contributed by atoms with Crippen LogP contribution in [0.15, 0.2) is 77.0 Å². The Morgan fingerprint density at radius 3 is 2.45 bits per heavy atom. The molecule has 38 heavy (non-hydrogen) atoms. The number of hydrogen-bond donors (Lipinski definition) is 1. The first-order chi connectivity index (χ1) is 18.5. The molecule has 1 amide bonds. The van der Waals surface area contributed by atoms with Crippen LogP contribution < -0.4 is 19.6 Å². The summed E-state index contributed by atoms with van der Waals surface area (Å²) in [5.41, 5.74) is 6.26. The van der Waals surface area contributed by atoms with Gasteiger partial charge in [0, 0.05) is 11.3 Å². The van der Waals surface area contributed by atoms with E-state index in [4.69, 9.17) is 14.2 Å². The molecule has 9 nitrogen and oxygen atoms in total. The third kappa shape index (κ3) is 6.51. The molecule has 0 atom stereocenters. The molecular weight excluding hydrogens is 502 g/mol. The van der Waals surface area contributed by atoms with Crippen LogP contribution in [0.4, 0.5) is 0 Å². The van der Waals surface area contributed by atoms with Gasteiger partial charge in [0.1, 0.15) is 5.75 Å². The summed E-state index contributed by atoms with van der Waals surface area (Å²) in [5, 5.41) is 13.5. The zero-order chi connectivity index (χ0) is 26.9. The van der Waals surface area contributed by atoms with Crippen molar-refractivity contribution in [3.63, 3.8) is 0 Å². The fraction of sp³-hybridized carbons (Fsp3) is 0.214. The number of nitrogens with zero attached hydrogens (tertiary/aromatic N) is 4. The van der Waals surface area contributed by atoms with Crippen LogP contribution in [-0.4, -0.2) is 53.5 Å². The summed E-state index contributed by atoms with van der Waals surface area (Å²) in [4.78, 5) is 12.6. The van der Waals surface area contributed by atoms with Crippen molar-refractivity contribution in [2.24, 2.45) is 5.10 Å². The first-order valence-corrected chi connectivity index (χ1v) is 12.9. The van der Waals surface area contributed by atoms with Gasteiger partial charge in [0.25, 0.3) is 5.91 Å². The van der Waals surface area contributed by atoms with Gasteiger partial charge in [0.05, 0.1) is 32.8 Å². The molecule has 0 spiro atoms. The highest BCUT2D eigenvalue weighted by molar-refractivity contribution is 7.99. The standard InChI is InChI=1S/C28H29N5O4S/c1-5-37-24-15-8-20(16-25(24)36-4)17-29-30-26(34)18-38-28-32-31-27(21-9-6-19(2)7-10-21)33(28)22-11-13-23(35-3)14-12-22/h6-17H,5,18H2,1-4H3,(H,30,34)/b29-17-. The minimum atomic E-state index is -0.273. The van der Waals surface area contributed by atoms with Crippen LogP contribution in [-0.2, 0) is 4.79 Å². The average Bonchev–Trinajstić information content (AvgIpc) is 3.37. The van der Waals surface area contributed by atoms with E-state index >= 15 is 0 Å². The maximum Gasteiger partial charge on any atom is 0.250 e. The number of carbonyl (C=O) groups excluding carboxylic acids is 1. The number of rotatable bonds is 11. The summed E-state index contributed by atoms with van der Waals surface area (Å²) in [6, 6.07) is 21.1. The van der Waals surface area contributed by atoms with E-state index in [-0.39, 0.29) is 11.7 Å². The Balaban J connectivity index is 1.47. The van der Waals surface area contributed by atoms with Crippen LogP contribution in [0.1, 0.15) is 18.1 Å². The third-order valence-corrected chi connectivity index (χ3v) is 6.43. The molecule has 0 unspecified atom stereocenters. The van der Waals surface area contributed by atoms with Crippen molar-refractivity contribution in [3.05, 3.63) is 77.9 Å². The van der Waals surface area contributed by atoms with Crippen LogP contribution in [0.3, 0.4) is 0 Å². The molecule has 0 aliphatic carbocycles. The van der Waals surface area contributed by atoms with E-state index in [1.807, 2.05) is 73.0 Å². The summed E-state index contributed by atoms with van der Waals surface area (Å²) in [6.07, 6.45) is 1.55. The van der Waals surface area contributed by atoms with E-state index in [1.54, 1.807) is 32.6 Å². The lowest BCUT2D eigenvalue weighted by molar-refractivity contribution is -0.118. The topological polar surface area (TPSA) is 99.9 Å². The quantitative estimate of drug-likeness (QED) is 0.167. The fourth-order valence-corrected chi connectivity index (χ4v) is 4.34. The molecule has 10 heteroatoms. The van der Waals surface area contributed by atoms with E-state index < -0.39 is 0 Å². The van der Waals surface area contributed by atoms with Crippen LogP contribution in [0.5, 0.6) is 17.2 Å². The molecular formula is C28H29N5O4S. The molecule has 0 radical (unpaired) electrons. The van der Waals surface area contributed by atoms with Gasteiger partial charge < -0.3 is 14.2 Å². The summed E-state index contributed by atoms with van der Waals surface area (Å²) in [7, 11) is 3.20. The number of amides is 1. The van der Waals surface area contributed by atoms with Crippen molar-refractivity contribution >= 4 is 23.9 Å². The molecule has 0 saturated heterocycles. The molecule has 1 N–H and O–H groups in total. The SMILES string of the molecule is CCOc1ccc(/C=N\NC(=O)CSc2nnc(-c3ccc(C)cc3)n2-c2ccc(OC)cc2)cc1OC. The Hall–Kier alpha value is -4.31. The van der Waals surface area contributed by atoms with Crippen molar-refractivity contribution < 1.29 is 19.0 Å². The second kappa shape index (κ2) is 12.8. The summed E-state index contributed by atoms with van der Waals surface area (Å²) < 4.78 is 18.1. The Bertz CT molecular complexity index is 1400. The van der Waals surface area contributed by atoms with Gasteiger partial charge in [-0.15, -0.1) is 10.2 Å². The van der Waals surface area contributed by atoms with Gasteiger partial charge in [-0.2, -0.15) is 5.10 Å². The summed E-state index contributed by atoms with van der Waals surface area (Å²) >= 11 is 1.27. The van der Waals surface area contributed by atoms with Gasteiger partial charge in [-0.3, -0.25) is 9.36 Å². The van der Waals surface area contributed by atoms with Crippen LogP contribution in [0.25, 0.3) is 17.1 Å². The minimum Gasteiger partial charge on any atom is -0.497 e. The lowest BCUT2D eigenvalue weighted by atomic mass is 10.1. The van der Waals surface area contributed by atoms with Gasteiger partial charge >= 0.3 is 0 Å². The maximum absolute atomic E-state index is 12.6. The Kier molecular flexibility index (Phi) is 8.99. The molecule has 0 fully saturated rings. The number of benzene rings is 3. The molecule has 1 aromatic heterocycles. The largest absolute Gasteiger partial charge is 0.497 e. The maximum atomic E-state index is 12.6. The minimum absolute atomic E-state index is 0.103. The predicted octanol–water partition coefficient (Wildman–Crippen LogP) is 4.90. The predicted molar refractivity (Wildman–Crippen MR) is 149 cm³/mol. The van der Waals surface area contributed by atoms with E-state index in [0.717, 1.165) is 28.1 Å². The van der Waals surface area contributed by atoms with Gasteiger partial charge in [-0.1, -0.05) is 41.6 Å².